The van der Waals surface area contributed by atoms with E-state index in [1.807, 2.05) is 0 Å². The molecule has 0 aliphatic rings. The predicted molar refractivity (Wildman–Crippen MR) is 157 cm³/mol. The molecular formula is C34H16F6IrN4O4-2. The number of halogens is 6. The summed E-state index contributed by atoms with van der Waals surface area (Å²) in [6, 6.07) is 18.3. The number of carbonyl (C=O) groups is 2. The first kappa shape index (κ1) is 36.1. The third-order valence-corrected chi connectivity index (χ3v) is 6.55. The van der Waals surface area contributed by atoms with E-state index in [1.165, 1.54) is 36.7 Å². The minimum absolute atomic E-state index is 0. The van der Waals surface area contributed by atoms with Gasteiger partial charge in [0.15, 0.2) is 34.9 Å². The molecule has 15 heteroatoms. The summed E-state index contributed by atoms with van der Waals surface area (Å²) in [4.78, 5) is 37.1. The summed E-state index contributed by atoms with van der Waals surface area (Å²) in [6.07, 6.45) is 5.07. The van der Waals surface area contributed by atoms with E-state index in [9.17, 15) is 35.9 Å². The molecule has 1 radical (unpaired) electrons. The van der Waals surface area contributed by atoms with Crippen LogP contribution in [0.4, 0.5) is 26.3 Å². The maximum atomic E-state index is 14.4. The molecule has 0 saturated heterocycles. The molecule has 0 amide bonds. The van der Waals surface area contributed by atoms with Crippen molar-refractivity contribution >= 4 is 11.9 Å². The third kappa shape index (κ3) is 7.69. The summed E-state index contributed by atoms with van der Waals surface area (Å²) < 4.78 is 83.5. The molecule has 249 valence electrons. The van der Waals surface area contributed by atoms with Gasteiger partial charge in [0.2, 0.25) is 0 Å². The standard InChI is InChI=1S/2C17H8F3N2O2.Ir/c2*18-11-8-10(9-4-6-22-13(7-9)17(23)24)14(16(20)15(11)19)12-3-1-2-5-21-12;/h2*1-6,8H,(H,23,24);/q2*-1;. The monoisotopic (exact) mass is 851 g/mol. The molecule has 6 aromatic rings. The topological polar surface area (TPSA) is 126 Å². The summed E-state index contributed by atoms with van der Waals surface area (Å²) in [5.41, 5.74) is -1.31. The van der Waals surface area contributed by atoms with Gasteiger partial charge in [0.05, 0.1) is 22.8 Å². The maximum absolute atomic E-state index is 14.4. The van der Waals surface area contributed by atoms with Gasteiger partial charge >= 0.3 is 0 Å². The van der Waals surface area contributed by atoms with E-state index in [4.69, 9.17) is 10.2 Å². The van der Waals surface area contributed by atoms with Crippen molar-refractivity contribution in [1.29, 1.82) is 0 Å². The molecule has 49 heavy (non-hydrogen) atoms. The van der Waals surface area contributed by atoms with Gasteiger partial charge in [-0.25, -0.2) is 26.3 Å². The Balaban J connectivity index is 0.000000216. The van der Waals surface area contributed by atoms with E-state index >= 15 is 0 Å². The SMILES string of the molecule is O=C(O)c1[c-]c(-c2cc(F)c(F)c(F)c2-c2ccccn2)ccn1.O=C(O)c1[c-]c(-c2cc(F)c(F)c(F)c2-c2ccccn2)ccn1.[Ir]. The van der Waals surface area contributed by atoms with Crippen molar-refractivity contribution in [3.05, 3.63) is 144 Å². The molecule has 0 atom stereocenters. The zero-order chi connectivity index (χ0) is 34.5. The number of nitrogens with zero attached hydrogens (tertiary/aromatic N) is 4. The molecule has 4 aromatic heterocycles. The number of pyridine rings is 4. The van der Waals surface area contributed by atoms with Crippen molar-refractivity contribution < 1.29 is 66.2 Å². The minimum Gasteiger partial charge on any atom is -0.519 e. The summed E-state index contributed by atoms with van der Waals surface area (Å²) in [6.45, 7) is 0. The average molecular weight is 851 g/mol. The van der Waals surface area contributed by atoms with Crippen molar-refractivity contribution in [3.63, 3.8) is 0 Å². The van der Waals surface area contributed by atoms with Gasteiger partial charge in [-0.3, -0.25) is 19.9 Å². The fourth-order valence-corrected chi connectivity index (χ4v) is 4.44. The van der Waals surface area contributed by atoms with Gasteiger partial charge in [0.25, 0.3) is 11.9 Å². The van der Waals surface area contributed by atoms with Crippen LogP contribution in [-0.4, -0.2) is 42.1 Å². The molecule has 0 saturated carbocycles. The maximum Gasteiger partial charge on any atom is 0.275 e. The van der Waals surface area contributed by atoms with Gasteiger partial charge in [-0.15, -0.1) is 35.4 Å². The number of benzene rings is 2. The number of carboxylic acid groups (broad SMARTS) is 2. The molecule has 0 aliphatic carbocycles. The van der Waals surface area contributed by atoms with Crippen LogP contribution >= 0.6 is 0 Å². The van der Waals surface area contributed by atoms with E-state index in [0.717, 1.165) is 24.5 Å². The van der Waals surface area contributed by atoms with Crippen molar-refractivity contribution in [2.24, 2.45) is 0 Å². The second kappa shape index (κ2) is 15.4. The van der Waals surface area contributed by atoms with E-state index in [1.54, 1.807) is 24.3 Å². The van der Waals surface area contributed by atoms with Gasteiger partial charge in [-0.05, 0) is 36.7 Å². The quantitative estimate of drug-likeness (QED) is 0.101. The largest absolute Gasteiger partial charge is 0.519 e. The predicted octanol–water partition coefficient (Wildman–Crippen LogP) is 7.45. The van der Waals surface area contributed by atoms with E-state index in [-0.39, 0.29) is 64.9 Å². The summed E-state index contributed by atoms with van der Waals surface area (Å²) in [7, 11) is 0. The van der Waals surface area contributed by atoms with E-state index in [0.29, 0.717) is 0 Å². The first-order valence-electron chi connectivity index (χ1n) is 13.4. The zero-order valence-corrected chi connectivity index (χ0v) is 26.6. The summed E-state index contributed by atoms with van der Waals surface area (Å²) in [5.74, 6) is -11.6. The molecule has 2 N–H and O–H groups in total. The van der Waals surface area contributed by atoms with Crippen molar-refractivity contribution in [3.8, 4) is 44.8 Å². The second-order valence-electron chi connectivity index (χ2n) is 9.52. The van der Waals surface area contributed by atoms with Crippen LogP contribution in [0.25, 0.3) is 44.8 Å². The van der Waals surface area contributed by atoms with Crippen LogP contribution in [0, 0.1) is 47.0 Å². The van der Waals surface area contributed by atoms with Gasteiger partial charge in [-0.2, -0.15) is 0 Å². The van der Waals surface area contributed by atoms with Crippen LogP contribution in [0.2, 0.25) is 0 Å². The Bertz CT molecular complexity index is 2020. The van der Waals surface area contributed by atoms with Crippen LogP contribution in [0.5, 0.6) is 0 Å². The molecule has 0 spiro atoms. The first-order valence-corrected chi connectivity index (χ1v) is 13.4. The smallest absolute Gasteiger partial charge is 0.275 e. The average Bonchev–Trinajstić information content (AvgIpc) is 3.10. The number of aromatic nitrogens is 4. The molecule has 6 rings (SSSR count). The Morgan fingerprint density at radius 2 is 0.918 bits per heavy atom. The molecule has 0 fully saturated rings. The normalized spacial score (nSPS) is 10.4. The molecule has 2 aromatic carbocycles. The zero-order valence-electron chi connectivity index (χ0n) is 24.2. The summed E-state index contributed by atoms with van der Waals surface area (Å²) in [5, 5.41) is 18.0. The Morgan fingerprint density at radius 1 is 0.531 bits per heavy atom. The van der Waals surface area contributed by atoms with Crippen molar-refractivity contribution in [2.45, 2.75) is 0 Å². The molecule has 4 heterocycles. The van der Waals surface area contributed by atoms with Crippen LogP contribution in [-0.2, 0) is 20.1 Å². The number of hydrogen-bond donors (Lipinski definition) is 2. The summed E-state index contributed by atoms with van der Waals surface area (Å²) >= 11 is 0. The van der Waals surface area contributed by atoms with Gasteiger partial charge in [0.1, 0.15) is 0 Å². The minimum atomic E-state index is -1.63. The van der Waals surface area contributed by atoms with Crippen LogP contribution < -0.4 is 0 Å². The number of carboxylic acids is 2. The Kier molecular flexibility index (Phi) is 11.3. The fraction of sp³-hybridized carbons (Fsp3) is 0. The second-order valence-corrected chi connectivity index (χ2v) is 9.52. The van der Waals surface area contributed by atoms with Gasteiger partial charge in [0, 0.05) is 43.6 Å². The Hall–Kier alpha value is -5.79. The van der Waals surface area contributed by atoms with Crippen molar-refractivity contribution in [2.75, 3.05) is 0 Å². The molecular weight excluding hydrogens is 835 g/mol. The Morgan fingerprint density at radius 3 is 1.24 bits per heavy atom. The fourth-order valence-electron chi connectivity index (χ4n) is 4.44. The number of rotatable bonds is 6. The molecule has 0 bridgehead atoms. The molecule has 0 aliphatic heterocycles. The number of aromatic carboxylic acids is 2. The number of hydrogen-bond acceptors (Lipinski definition) is 6. The molecule has 0 unspecified atom stereocenters. The first-order chi connectivity index (χ1) is 23.0. The van der Waals surface area contributed by atoms with E-state index < -0.39 is 58.2 Å². The van der Waals surface area contributed by atoms with Crippen LogP contribution in [0.3, 0.4) is 0 Å². The third-order valence-electron chi connectivity index (χ3n) is 6.55. The van der Waals surface area contributed by atoms with Crippen LogP contribution in [0.1, 0.15) is 21.0 Å². The van der Waals surface area contributed by atoms with Gasteiger partial charge in [-0.1, -0.05) is 35.4 Å². The van der Waals surface area contributed by atoms with Crippen molar-refractivity contribution in [1.82, 2.24) is 19.9 Å². The van der Waals surface area contributed by atoms with Gasteiger partial charge < -0.3 is 19.8 Å². The van der Waals surface area contributed by atoms with Crippen LogP contribution in [0.15, 0.2) is 85.5 Å². The Labute approximate surface area is 286 Å². The van der Waals surface area contributed by atoms with E-state index in [2.05, 4.69) is 32.1 Å². The molecule has 8 nitrogen and oxygen atoms in total.